The zero-order valence-electron chi connectivity index (χ0n) is 11.3. The highest BCUT2D eigenvalue weighted by atomic mass is 31.2. The van der Waals surface area contributed by atoms with E-state index in [-0.39, 0.29) is 6.61 Å². The number of hydrogen-bond acceptors (Lipinski definition) is 5. The number of phosphoric ester groups is 1. The lowest BCUT2D eigenvalue weighted by Crippen LogP contribution is -2.40. The summed E-state index contributed by atoms with van der Waals surface area (Å²) in [6.07, 6.45) is -0.809. The fourth-order valence-electron chi connectivity index (χ4n) is 1.29. The SMILES string of the molecule is C[C@@H](NC(=O)OCc1ccccc1)C(=O)COP(=O)(O)O. The molecule has 1 aromatic carbocycles. The molecule has 0 heterocycles. The van der Waals surface area contributed by atoms with E-state index in [9.17, 15) is 14.2 Å². The van der Waals surface area contributed by atoms with Crippen molar-refractivity contribution >= 4 is 19.7 Å². The molecule has 0 bridgehead atoms. The van der Waals surface area contributed by atoms with Crippen LogP contribution in [0.25, 0.3) is 0 Å². The molecule has 0 aliphatic carbocycles. The molecule has 1 rings (SSSR count). The van der Waals surface area contributed by atoms with Crippen molar-refractivity contribution in [1.29, 1.82) is 0 Å². The predicted molar refractivity (Wildman–Crippen MR) is 72.2 cm³/mol. The van der Waals surface area contributed by atoms with Gasteiger partial charge in [0, 0.05) is 0 Å². The van der Waals surface area contributed by atoms with E-state index in [2.05, 4.69) is 9.84 Å². The highest BCUT2D eigenvalue weighted by molar-refractivity contribution is 7.46. The molecule has 1 atom stereocenters. The average Bonchev–Trinajstić information content (AvgIpc) is 2.42. The molecule has 0 aliphatic rings. The van der Waals surface area contributed by atoms with Gasteiger partial charge in [-0.3, -0.25) is 9.32 Å². The summed E-state index contributed by atoms with van der Waals surface area (Å²) in [7, 11) is -4.71. The van der Waals surface area contributed by atoms with Gasteiger partial charge in [-0.05, 0) is 12.5 Å². The van der Waals surface area contributed by atoms with E-state index < -0.39 is 32.3 Å². The number of carbonyl (C=O) groups excluding carboxylic acids is 2. The number of ketones is 1. The number of Topliss-reactive ketones (excluding diaryl/α,β-unsaturated/α-hetero) is 1. The zero-order valence-corrected chi connectivity index (χ0v) is 12.2. The molecule has 21 heavy (non-hydrogen) atoms. The maximum absolute atomic E-state index is 11.5. The second-order valence-corrected chi connectivity index (χ2v) is 5.40. The highest BCUT2D eigenvalue weighted by Crippen LogP contribution is 2.35. The van der Waals surface area contributed by atoms with Gasteiger partial charge in [-0.25, -0.2) is 9.36 Å². The molecule has 0 spiro atoms. The van der Waals surface area contributed by atoms with E-state index >= 15 is 0 Å². The average molecular weight is 317 g/mol. The van der Waals surface area contributed by atoms with Crippen LogP contribution in [0.3, 0.4) is 0 Å². The lowest BCUT2D eigenvalue weighted by atomic mass is 10.2. The zero-order chi connectivity index (χ0) is 15.9. The van der Waals surface area contributed by atoms with Gasteiger partial charge in [0.1, 0.15) is 13.2 Å². The van der Waals surface area contributed by atoms with Gasteiger partial charge in [-0.1, -0.05) is 30.3 Å². The molecule has 3 N–H and O–H groups in total. The minimum absolute atomic E-state index is 0.0482. The predicted octanol–water partition coefficient (Wildman–Crippen LogP) is 0.980. The Kier molecular flexibility index (Phi) is 6.51. The molecule has 0 saturated carbocycles. The quantitative estimate of drug-likeness (QED) is 0.641. The number of amides is 1. The molecule has 1 aromatic rings. The molecule has 0 unspecified atom stereocenters. The maximum atomic E-state index is 11.5. The fourth-order valence-corrected chi connectivity index (χ4v) is 1.59. The van der Waals surface area contributed by atoms with Crippen LogP contribution in [-0.4, -0.2) is 34.3 Å². The maximum Gasteiger partial charge on any atom is 0.470 e. The molecule has 0 aromatic heterocycles. The Bertz CT molecular complexity index is 528. The van der Waals surface area contributed by atoms with E-state index in [1.807, 2.05) is 6.07 Å². The Morgan fingerprint density at radius 1 is 1.29 bits per heavy atom. The first-order valence-electron chi connectivity index (χ1n) is 5.98. The van der Waals surface area contributed by atoms with Crippen LogP contribution in [0.2, 0.25) is 0 Å². The minimum atomic E-state index is -4.71. The van der Waals surface area contributed by atoms with E-state index in [0.29, 0.717) is 0 Å². The third-order valence-electron chi connectivity index (χ3n) is 2.41. The summed E-state index contributed by atoms with van der Waals surface area (Å²) < 4.78 is 19.4. The number of rotatable bonds is 7. The summed E-state index contributed by atoms with van der Waals surface area (Å²) in [6.45, 7) is 0.603. The molecule has 0 saturated heterocycles. The first-order valence-corrected chi connectivity index (χ1v) is 7.51. The van der Waals surface area contributed by atoms with Crippen molar-refractivity contribution in [3.05, 3.63) is 35.9 Å². The van der Waals surface area contributed by atoms with Crippen LogP contribution >= 0.6 is 7.82 Å². The summed E-state index contributed by atoms with van der Waals surface area (Å²) in [5.74, 6) is -0.685. The van der Waals surface area contributed by atoms with Gasteiger partial charge >= 0.3 is 13.9 Å². The molecular weight excluding hydrogens is 301 g/mol. The summed E-state index contributed by atoms with van der Waals surface area (Å²) in [4.78, 5) is 39.8. The van der Waals surface area contributed by atoms with Crippen molar-refractivity contribution < 1.29 is 33.2 Å². The first kappa shape index (κ1) is 17.3. The van der Waals surface area contributed by atoms with Crippen LogP contribution in [0.1, 0.15) is 12.5 Å². The van der Waals surface area contributed by atoms with E-state index in [1.165, 1.54) is 6.92 Å². The van der Waals surface area contributed by atoms with Crippen LogP contribution < -0.4 is 5.32 Å². The van der Waals surface area contributed by atoms with Gasteiger partial charge in [0.25, 0.3) is 0 Å². The molecule has 0 radical (unpaired) electrons. The molecule has 9 heteroatoms. The number of hydrogen-bond donors (Lipinski definition) is 3. The normalized spacial score (nSPS) is 12.5. The number of phosphoric acid groups is 1. The van der Waals surface area contributed by atoms with Crippen molar-refractivity contribution in [1.82, 2.24) is 5.32 Å². The Morgan fingerprint density at radius 2 is 1.90 bits per heavy atom. The van der Waals surface area contributed by atoms with E-state index in [1.54, 1.807) is 24.3 Å². The Balaban J connectivity index is 2.33. The van der Waals surface area contributed by atoms with Crippen LogP contribution in [0.4, 0.5) is 4.79 Å². The van der Waals surface area contributed by atoms with E-state index in [4.69, 9.17) is 14.5 Å². The molecule has 8 nitrogen and oxygen atoms in total. The second-order valence-electron chi connectivity index (χ2n) is 4.16. The largest absolute Gasteiger partial charge is 0.470 e. The van der Waals surface area contributed by atoms with Crippen LogP contribution in [0.5, 0.6) is 0 Å². The van der Waals surface area contributed by atoms with Gasteiger partial charge in [-0.15, -0.1) is 0 Å². The number of alkyl carbamates (subject to hydrolysis) is 1. The van der Waals surface area contributed by atoms with Gasteiger partial charge in [-0.2, -0.15) is 0 Å². The highest BCUT2D eigenvalue weighted by Gasteiger charge is 2.21. The standard InChI is InChI=1S/C12H16NO7P/c1-9(11(14)8-20-21(16,17)18)13-12(15)19-7-10-5-3-2-4-6-10/h2-6,9H,7-8H2,1H3,(H,13,15)(H2,16,17,18)/t9-/m1/s1. The van der Waals surface area contributed by atoms with Crippen molar-refractivity contribution in [2.45, 2.75) is 19.6 Å². The summed E-state index contributed by atoms with van der Waals surface area (Å²) in [5, 5.41) is 2.24. The smallest absolute Gasteiger partial charge is 0.445 e. The van der Waals surface area contributed by atoms with Crippen molar-refractivity contribution in [2.75, 3.05) is 6.61 Å². The Morgan fingerprint density at radius 3 is 2.48 bits per heavy atom. The van der Waals surface area contributed by atoms with Gasteiger partial charge in [0.05, 0.1) is 6.04 Å². The van der Waals surface area contributed by atoms with Crippen molar-refractivity contribution in [2.24, 2.45) is 0 Å². The third-order valence-corrected chi connectivity index (χ3v) is 2.87. The topological polar surface area (TPSA) is 122 Å². The Labute approximate surface area is 121 Å². The number of benzene rings is 1. The second kappa shape index (κ2) is 7.90. The van der Waals surface area contributed by atoms with E-state index in [0.717, 1.165) is 5.56 Å². The monoisotopic (exact) mass is 317 g/mol. The number of nitrogens with one attached hydrogen (secondary N) is 1. The molecular formula is C12H16NO7P. The lowest BCUT2D eigenvalue weighted by Gasteiger charge is -2.13. The summed E-state index contributed by atoms with van der Waals surface area (Å²) >= 11 is 0. The first-order chi connectivity index (χ1) is 9.78. The molecule has 0 aliphatic heterocycles. The summed E-state index contributed by atoms with van der Waals surface area (Å²) in [6, 6.07) is 7.97. The van der Waals surface area contributed by atoms with Crippen LogP contribution in [0, 0.1) is 0 Å². The van der Waals surface area contributed by atoms with Crippen molar-refractivity contribution in [3.63, 3.8) is 0 Å². The van der Waals surface area contributed by atoms with Crippen LogP contribution in [0.15, 0.2) is 30.3 Å². The molecule has 116 valence electrons. The Hall–Kier alpha value is -1.73. The van der Waals surface area contributed by atoms with Crippen molar-refractivity contribution in [3.8, 4) is 0 Å². The van der Waals surface area contributed by atoms with Gasteiger partial charge < -0.3 is 19.8 Å². The molecule has 1 amide bonds. The fraction of sp³-hybridized carbons (Fsp3) is 0.333. The lowest BCUT2D eigenvalue weighted by molar-refractivity contribution is -0.123. The summed E-state index contributed by atoms with van der Waals surface area (Å²) in [5.41, 5.74) is 0.788. The third kappa shape index (κ3) is 7.57. The molecule has 0 fully saturated rings. The minimum Gasteiger partial charge on any atom is -0.445 e. The van der Waals surface area contributed by atoms with Gasteiger partial charge in [0.15, 0.2) is 5.78 Å². The van der Waals surface area contributed by atoms with Crippen LogP contribution in [-0.2, 0) is 25.2 Å². The number of ether oxygens (including phenoxy) is 1. The van der Waals surface area contributed by atoms with Gasteiger partial charge in [0.2, 0.25) is 0 Å². The number of carbonyl (C=O) groups is 2.